The highest BCUT2D eigenvalue weighted by molar-refractivity contribution is 7.89. The Morgan fingerprint density at radius 1 is 1.25 bits per heavy atom. The molecule has 0 spiro atoms. The molecule has 0 saturated carbocycles. The van der Waals surface area contributed by atoms with E-state index in [2.05, 4.69) is 4.90 Å². The fourth-order valence-electron chi connectivity index (χ4n) is 2.20. The molecule has 1 aromatic carbocycles. The van der Waals surface area contributed by atoms with Crippen LogP contribution in [-0.4, -0.2) is 55.8 Å². The van der Waals surface area contributed by atoms with Gasteiger partial charge in [-0.2, -0.15) is 4.31 Å². The van der Waals surface area contributed by atoms with Crippen molar-refractivity contribution in [2.45, 2.75) is 11.8 Å². The number of hydrogen-bond donors (Lipinski definition) is 1. The minimum Gasteiger partial charge on any atom is -0.389 e. The molecule has 1 aromatic rings. The smallest absolute Gasteiger partial charge is 0.243 e. The summed E-state index contributed by atoms with van der Waals surface area (Å²) in [5, 5.41) is 0. The maximum absolute atomic E-state index is 12.7. The molecule has 1 saturated heterocycles. The molecule has 110 valence electrons. The molecule has 20 heavy (non-hydrogen) atoms. The van der Waals surface area contributed by atoms with Gasteiger partial charge >= 0.3 is 0 Å². The normalized spacial score (nSPS) is 18.1. The SMILES string of the molecule is Cc1ccc(C(N)=S)cc1S(=O)(=O)N1CCN(C)CC1. The van der Waals surface area contributed by atoms with E-state index < -0.39 is 10.0 Å². The summed E-state index contributed by atoms with van der Waals surface area (Å²) >= 11 is 4.92. The first-order valence-corrected chi connectivity index (χ1v) is 8.26. The van der Waals surface area contributed by atoms with Crippen molar-refractivity contribution < 1.29 is 8.42 Å². The van der Waals surface area contributed by atoms with E-state index in [9.17, 15) is 8.42 Å². The second kappa shape index (κ2) is 5.77. The first-order chi connectivity index (χ1) is 9.32. The van der Waals surface area contributed by atoms with E-state index >= 15 is 0 Å². The molecule has 0 aliphatic carbocycles. The second-order valence-electron chi connectivity index (χ2n) is 5.05. The molecule has 2 N–H and O–H groups in total. The van der Waals surface area contributed by atoms with Gasteiger partial charge in [-0.05, 0) is 25.6 Å². The van der Waals surface area contributed by atoms with Crippen LogP contribution in [0.3, 0.4) is 0 Å². The molecule has 1 aliphatic rings. The largest absolute Gasteiger partial charge is 0.389 e. The lowest BCUT2D eigenvalue weighted by Crippen LogP contribution is -2.47. The van der Waals surface area contributed by atoms with Gasteiger partial charge in [-0.3, -0.25) is 0 Å². The summed E-state index contributed by atoms with van der Waals surface area (Å²) in [4.78, 5) is 2.62. The number of likely N-dealkylation sites (N-methyl/N-ethyl adjacent to an activating group) is 1. The van der Waals surface area contributed by atoms with Crippen LogP contribution in [0.4, 0.5) is 0 Å². The Labute approximate surface area is 125 Å². The average Bonchev–Trinajstić information content (AvgIpc) is 2.39. The Hall–Kier alpha value is -1.02. The first kappa shape index (κ1) is 15.4. The third-order valence-corrected chi connectivity index (χ3v) is 5.83. The highest BCUT2D eigenvalue weighted by Crippen LogP contribution is 2.22. The van der Waals surface area contributed by atoms with Crippen LogP contribution in [-0.2, 0) is 10.0 Å². The van der Waals surface area contributed by atoms with Crippen LogP contribution in [0.1, 0.15) is 11.1 Å². The zero-order valence-electron chi connectivity index (χ0n) is 11.7. The van der Waals surface area contributed by atoms with E-state index in [1.807, 2.05) is 7.05 Å². The summed E-state index contributed by atoms with van der Waals surface area (Å²) in [5.41, 5.74) is 6.88. The van der Waals surface area contributed by atoms with Gasteiger partial charge in [0.1, 0.15) is 4.99 Å². The number of sulfonamides is 1. The van der Waals surface area contributed by atoms with Gasteiger partial charge in [-0.15, -0.1) is 0 Å². The zero-order valence-corrected chi connectivity index (χ0v) is 13.3. The Bertz CT molecular complexity index is 621. The standard InChI is InChI=1S/C13H19N3O2S2/c1-10-3-4-11(13(14)19)9-12(10)20(17,18)16-7-5-15(2)6-8-16/h3-4,9H,5-8H2,1-2H3,(H2,14,19). The van der Waals surface area contributed by atoms with E-state index in [4.69, 9.17) is 18.0 Å². The van der Waals surface area contributed by atoms with Gasteiger partial charge in [0.25, 0.3) is 0 Å². The summed E-state index contributed by atoms with van der Waals surface area (Å²) < 4.78 is 27.0. The van der Waals surface area contributed by atoms with Crippen LogP contribution < -0.4 is 5.73 Å². The molecule has 1 heterocycles. The van der Waals surface area contributed by atoms with Crippen molar-refractivity contribution in [1.82, 2.24) is 9.21 Å². The third kappa shape index (κ3) is 3.01. The van der Waals surface area contributed by atoms with Gasteiger partial charge in [0.05, 0.1) is 4.90 Å². The minimum absolute atomic E-state index is 0.208. The summed E-state index contributed by atoms with van der Waals surface area (Å²) in [5.74, 6) is 0. The number of piperazine rings is 1. The fourth-order valence-corrected chi connectivity index (χ4v) is 4.00. The number of thiocarbonyl (C=S) groups is 1. The maximum Gasteiger partial charge on any atom is 0.243 e. The Balaban J connectivity index is 2.38. The average molecular weight is 313 g/mol. The molecular weight excluding hydrogens is 294 g/mol. The Morgan fingerprint density at radius 2 is 1.85 bits per heavy atom. The maximum atomic E-state index is 12.7. The van der Waals surface area contributed by atoms with Crippen molar-refractivity contribution in [3.63, 3.8) is 0 Å². The summed E-state index contributed by atoms with van der Waals surface area (Å²) in [6.45, 7) is 4.29. The van der Waals surface area contributed by atoms with Gasteiger partial charge in [-0.1, -0.05) is 24.4 Å². The van der Waals surface area contributed by atoms with Crippen LogP contribution in [0.15, 0.2) is 23.1 Å². The van der Waals surface area contributed by atoms with Crippen molar-refractivity contribution in [3.05, 3.63) is 29.3 Å². The van der Waals surface area contributed by atoms with Crippen molar-refractivity contribution in [2.24, 2.45) is 5.73 Å². The Kier molecular flexibility index (Phi) is 4.43. The molecule has 7 heteroatoms. The lowest BCUT2D eigenvalue weighted by Gasteiger charge is -2.32. The van der Waals surface area contributed by atoms with Crippen LogP contribution in [0.25, 0.3) is 0 Å². The van der Waals surface area contributed by atoms with E-state index in [-0.39, 0.29) is 4.99 Å². The van der Waals surface area contributed by atoms with E-state index in [1.54, 1.807) is 25.1 Å². The van der Waals surface area contributed by atoms with Crippen LogP contribution in [0.5, 0.6) is 0 Å². The number of hydrogen-bond acceptors (Lipinski definition) is 4. The molecule has 0 aromatic heterocycles. The summed E-state index contributed by atoms with van der Waals surface area (Å²) in [7, 11) is -1.49. The summed E-state index contributed by atoms with van der Waals surface area (Å²) in [6, 6.07) is 5.07. The van der Waals surface area contributed by atoms with Crippen molar-refractivity contribution >= 4 is 27.2 Å². The second-order valence-corrected chi connectivity index (χ2v) is 7.40. The highest BCUT2D eigenvalue weighted by atomic mass is 32.2. The van der Waals surface area contributed by atoms with E-state index in [0.717, 1.165) is 13.1 Å². The molecule has 0 unspecified atom stereocenters. The first-order valence-electron chi connectivity index (χ1n) is 6.41. The zero-order chi connectivity index (χ0) is 14.9. The molecule has 0 radical (unpaired) electrons. The lowest BCUT2D eigenvalue weighted by molar-refractivity contribution is 0.222. The molecule has 2 rings (SSSR count). The quantitative estimate of drug-likeness (QED) is 0.826. The number of nitrogens with two attached hydrogens (primary N) is 1. The lowest BCUT2D eigenvalue weighted by atomic mass is 10.1. The predicted octanol–water partition coefficient (Wildman–Crippen LogP) is 0.565. The number of nitrogens with zero attached hydrogens (tertiary/aromatic N) is 2. The van der Waals surface area contributed by atoms with Gasteiger partial charge < -0.3 is 10.6 Å². The molecule has 1 aliphatic heterocycles. The fraction of sp³-hybridized carbons (Fsp3) is 0.462. The van der Waals surface area contributed by atoms with Crippen LogP contribution >= 0.6 is 12.2 Å². The molecule has 1 fully saturated rings. The van der Waals surface area contributed by atoms with Crippen LogP contribution in [0, 0.1) is 6.92 Å². The van der Waals surface area contributed by atoms with Gasteiger partial charge in [0.2, 0.25) is 10.0 Å². The number of aryl methyl sites for hydroxylation is 1. The van der Waals surface area contributed by atoms with Gasteiger partial charge in [-0.25, -0.2) is 8.42 Å². The monoisotopic (exact) mass is 313 g/mol. The van der Waals surface area contributed by atoms with Crippen LogP contribution in [0.2, 0.25) is 0 Å². The third-order valence-electron chi connectivity index (χ3n) is 3.55. The van der Waals surface area contributed by atoms with Crippen molar-refractivity contribution in [2.75, 3.05) is 33.2 Å². The predicted molar refractivity (Wildman–Crippen MR) is 83.3 cm³/mol. The topological polar surface area (TPSA) is 66.6 Å². The molecule has 5 nitrogen and oxygen atoms in total. The van der Waals surface area contributed by atoms with E-state index in [1.165, 1.54) is 4.31 Å². The van der Waals surface area contributed by atoms with Gasteiger partial charge in [0, 0.05) is 31.7 Å². The Morgan fingerprint density at radius 3 is 2.40 bits per heavy atom. The van der Waals surface area contributed by atoms with Gasteiger partial charge in [0.15, 0.2) is 0 Å². The molecular formula is C13H19N3O2S2. The highest BCUT2D eigenvalue weighted by Gasteiger charge is 2.28. The minimum atomic E-state index is -3.48. The number of rotatable bonds is 3. The summed E-state index contributed by atoms with van der Waals surface area (Å²) in [6.07, 6.45) is 0. The molecule has 0 atom stereocenters. The number of benzene rings is 1. The van der Waals surface area contributed by atoms with Crippen molar-refractivity contribution in [3.8, 4) is 0 Å². The molecule has 0 amide bonds. The van der Waals surface area contributed by atoms with Crippen molar-refractivity contribution in [1.29, 1.82) is 0 Å². The molecule has 0 bridgehead atoms. The van der Waals surface area contributed by atoms with E-state index in [0.29, 0.717) is 29.1 Å².